The zero-order chi connectivity index (χ0) is 28.0. The van der Waals surface area contributed by atoms with E-state index in [1.165, 1.54) is 0 Å². The Morgan fingerprint density at radius 2 is 1.50 bits per heavy atom. The Morgan fingerprint density at radius 3 is 2.25 bits per heavy atom. The third-order valence-corrected chi connectivity index (χ3v) is 9.34. The molecule has 1 fully saturated rings. The Bertz CT molecular complexity index is 1420. The lowest BCUT2D eigenvalue weighted by Crippen LogP contribution is -2.51. The van der Waals surface area contributed by atoms with Gasteiger partial charge in [-0.2, -0.15) is 4.31 Å². The number of hydrogen-bond donors (Lipinski definition) is 1. The predicted octanol–water partition coefficient (Wildman–Crippen LogP) is 3.95. The zero-order valence-electron chi connectivity index (χ0n) is 22.5. The maximum atomic E-state index is 13.4. The highest BCUT2D eigenvalue weighted by molar-refractivity contribution is 7.89. The standard InChI is InChI=1S/C31H35N3O5S/c35-30(18-15-25-13-16-26(17-14-25)40(37,38)33-21-7-2-8-22-33)34-23-29(39-28-12-6-5-11-27(28)34)31(36)32-20-19-24-9-3-1-4-10-24/h1,3-6,9-14,16-17,29H,2,7-8,15,18-23H2,(H,32,36)/t29-/m0/s1. The van der Waals surface area contributed by atoms with E-state index in [1.54, 1.807) is 39.5 Å². The third kappa shape index (κ3) is 6.54. The number of fused-ring (bicyclic) bond motifs is 1. The third-order valence-electron chi connectivity index (χ3n) is 7.43. The van der Waals surface area contributed by atoms with Gasteiger partial charge in [-0.25, -0.2) is 8.42 Å². The largest absolute Gasteiger partial charge is 0.477 e. The number of aryl methyl sites for hydroxylation is 1. The second-order valence-corrected chi connectivity index (χ2v) is 12.2. The van der Waals surface area contributed by atoms with Crippen molar-refractivity contribution in [2.24, 2.45) is 0 Å². The molecule has 0 aliphatic carbocycles. The van der Waals surface area contributed by atoms with Crippen LogP contribution in [-0.4, -0.2) is 56.8 Å². The summed E-state index contributed by atoms with van der Waals surface area (Å²) in [6.07, 6.45) is 3.41. The lowest BCUT2D eigenvalue weighted by Gasteiger charge is -2.34. The highest BCUT2D eigenvalue weighted by Crippen LogP contribution is 2.33. The maximum absolute atomic E-state index is 13.4. The zero-order valence-corrected chi connectivity index (χ0v) is 23.3. The van der Waals surface area contributed by atoms with Crippen molar-refractivity contribution >= 4 is 27.5 Å². The van der Waals surface area contributed by atoms with Crippen molar-refractivity contribution in [3.63, 3.8) is 0 Å². The van der Waals surface area contributed by atoms with Crippen LogP contribution in [0.25, 0.3) is 0 Å². The molecule has 5 rings (SSSR count). The van der Waals surface area contributed by atoms with Crippen molar-refractivity contribution in [3.8, 4) is 5.75 Å². The molecule has 210 valence electrons. The van der Waals surface area contributed by atoms with Crippen molar-refractivity contribution in [3.05, 3.63) is 90.0 Å². The minimum Gasteiger partial charge on any atom is -0.477 e. The maximum Gasteiger partial charge on any atom is 0.262 e. The van der Waals surface area contributed by atoms with Gasteiger partial charge in [-0.3, -0.25) is 9.59 Å². The van der Waals surface area contributed by atoms with Gasteiger partial charge in [0.1, 0.15) is 5.75 Å². The number of para-hydroxylation sites is 2. The van der Waals surface area contributed by atoms with Gasteiger partial charge in [-0.1, -0.05) is 61.0 Å². The number of hydrogen-bond acceptors (Lipinski definition) is 5. The quantitative estimate of drug-likeness (QED) is 0.427. The molecule has 3 aromatic rings. The van der Waals surface area contributed by atoms with Gasteiger partial charge in [0.15, 0.2) is 6.10 Å². The Labute approximate surface area is 236 Å². The molecular weight excluding hydrogens is 526 g/mol. The number of carbonyl (C=O) groups excluding carboxylic acids is 2. The van der Waals surface area contributed by atoms with Crippen molar-refractivity contribution < 1.29 is 22.7 Å². The van der Waals surface area contributed by atoms with Crippen LogP contribution in [0.3, 0.4) is 0 Å². The summed E-state index contributed by atoms with van der Waals surface area (Å²) < 4.78 is 33.4. The second kappa shape index (κ2) is 12.7. The molecular formula is C31H35N3O5S. The fourth-order valence-corrected chi connectivity index (χ4v) is 6.68. The molecule has 9 heteroatoms. The number of benzene rings is 3. The fourth-order valence-electron chi connectivity index (χ4n) is 5.16. The molecule has 1 saturated heterocycles. The molecule has 2 aliphatic heterocycles. The van der Waals surface area contributed by atoms with E-state index in [9.17, 15) is 18.0 Å². The Kier molecular flexibility index (Phi) is 8.81. The normalized spacial score (nSPS) is 17.5. The summed E-state index contributed by atoms with van der Waals surface area (Å²) in [4.78, 5) is 28.2. The van der Waals surface area contributed by atoms with E-state index < -0.39 is 16.1 Å². The number of ether oxygens (including phenoxy) is 1. The highest BCUT2D eigenvalue weighted by Gasteiger charge is 2.33. The first-order valence-corrected chi connectivity index (χ1v) is 15.3. The summed E-state index contributed by atoms with van der Waals surface area (Å²) in [5.41, 5.74) is 2.65. The summed E-state index contributed by atoms with van der Waals surface area (Å²) in [6, 6.07) is 24.0. The van der Waals surface area contributed by atoms with E-state index in [0.29, 0.717) is 43.9 Å². The molecule has 2 aliphatic rings. The first kappa shape index (κ1) is 27.9. The number of nitrogens with one attached hydrogen (secondary N) is 1. The minimum atomic E-state index is -3.49. The molecule has 0 radical (unpaired) electrons. The molecule has 3 aromatic carbocycles. The molecule has 8 nitrogen and oxygen atoms in total. The molecule has 0 aromatic heterocycles. The molecule has 0 unspecified atom stereocenters. The van der Waals surface area contributed by atoms with Gasteiger partial charge >= 0.3 is 0 Å². The van der Waals surface area contributed by atoms with Crippen LogP contribution in [0.5, 0.6) is 5.75 Å². The van der Waals surface area contributed by atoms with Crippen molar-refractivity contribution in [2.75, 3.05) is 31.1 Å². The fraction of sp³-hybridized carbons (Fsp3) is 0.355. The van der Waals surface area contributed by atoms with Crippen molar-refractivity contribution in [1.82, 2.24) is 9.62 Å². The van der Waals surface area contributed by atoms with Crippen LogP contribution < -0.4 is 15.0 Å². The lowest BCUT2D eigenvalue weighted by atomic mass is 10.1. The molecule has 1 atom stereocenters. The number of amides is 2. The first-order chi connectivity index (χ1) is 19.4. The number of carbonyl (C=O) groups is 2. The van der Waals surface area contributed by atoms with Gasteiger partial charge in [-0.05, 0) is 61.1 Å². The summed E-state index contributed by atoms with van der Waals surface area (Å²) in [5, 5.41) is 2.94. The molecule has 2 amide bonds. The summed E-state index contributed by atoms with van der Waals surface area (Å²) in [5.74, 6) is 0.120. The number of anilines is 1. The van der Waals surface area contributed by atoms with Crippen molar-refractivity contribution in [1.29, 1.82) is 0 Å². The van der Waals surface area contributed by atoms with E-state index in [0.717, 1.165) is 30.4 Å². The summed E-state index contributed by atoms with van der Waals surface area (Å²) in [6.45, 7) is 1.72. The Hall–Kier alpha value is -3.69. The molecule has 0 saturated carbocycles. The van der Waals surface area contributed by atoms with Crippen LogP contribution in [-0.2, 0) is 32.5 Å². The van der Waals surface area contributed by atoms with E-state index in [2.05, 4.69) is 5.32 Å². The molecule has 2 heterocycles. The van der Waals surface area contributed by atoms with Crippen molar-refractivity contribution in [2.45, 2.75) is 49.5 Å². The average molecular weight is 562 g/mol. The number of nitrogens with zero attached hydrogens (tertiary/aromatic N) is 2. The highest BCUT2D eigenvalue weighted by atomic mass is 32.2. The van der Waals surface area contributed by atoms with Gasteiger partial charge in [0.05, 0.1) is 17.1 Å². The van der Waals surface area contributed by atoms with Crippen LogP contribution in [0, 0.1) is 0 Å². The minimum absolute atomic E-state index is 0.122. The Morgan fingerprint density at radius 1 is 0.825 bits per heavy atom. The Balaban J connectivity index is 1.20. The van der Waals surface area contributed by atoms with Gasteiger partial charge in [0.25, 0.3) is 5.91 Å². The molecule has 0 spiro atoms. The first-order valence-electron chi connectivity index (χ1n) is 13.9. The van der Waals surface area contributed by atoms with Gasteiger partial charge in [-0.15, -0.1) is 0 Å². The molecule has 0 bridgehead atoms. The SMILES string of the molecule is O=C(NCCc1ccccc1)[C@@H]1CN(C(=O)CCc2ccc(S(=O)(=O)N3CCCCC3)cc2)c2ccccc2O1. The van der Waals surface area contributed by atoms with E-state index >= 15 is 0 Å². The topological polar surface area (TPSA) is 96.0 Å². The van der Waals surface area contributed by atoms with Crippen LogP contribution in [0.1, 0.15) is 36.8 Å². The monoisotopic (exact) mass is 561 g/mol. The van der Waals surface area contributed by atoms with E-state index in [4.69, 9.17) is 4.74 Å². The molecule has 1 N–H and O–H groups in total. The second-order valence-electron chi connectivity index (χ2n) is 10.2. The van der Waals surface area contributed by atoms with Crippen LogP contribution in [0.2, 0.25) is 0 Å². The van der Waals surface area contributed by atoms with Gasteiger partial charge in [0.2, 0.25) is 15.9 Å². The summed E-state index contributed by atoms with van der Waals surface area (Å²) >= 11 is 0. The number of rotatable bonds is 9. The summed E-state index contributed by atoms with van der Waals surface area (Å²) in [7, 11) is -3.49. The van der Waals surface area contributed by atoms with E-state index in [1.807, 2.05) is 48.5 Å². The number of piperidine rings is 1. The van der Waals surface area contributed by atoms with Crippen LogP contribution >= 0.6 is 0 Å². The average Bonchev–Trinajstić information content (AvgIpc) is 3.00. The van der Waals surface area contributed by atoms with Gasteiger partial charge in [0, 0.05) is 26.1 Å². The lowest BCUT2D eigenvalue weighted by molar-refractivity contribution is -0.128. The number of sulfonamides is 1. The van der Waals surface area contributed by atoms with E-state index in [-0.39, 0.29) is 29.7 Å². The van der Waals surface area contributed by atoms with Crippen LogP contribution in [0.15, 0.2) is 83.8 Å². The smallest absolute Gasteiger partial charge is 0.262 e. The van der Waals surface area contributed by atoms with Crippen LogP contribution in [0.4, 0.5) is 5.69 Å². The predicted molar refractivity (Wildman–Crippen MR) is 154 cm³/mol. The van der Waals surface area contributed by atoms with Gasteiger partial charge < -0.3 is 15.0 Å². The molecule has 40 heavy (non-hydrogen) atoms.